The summed E-state index contributed by atoms with van der Waals surface area (Å²) in [4.78, 5) is 0. The average Bonchev–Trinajstić information content (AvgIpc) is 2.80. The highest BCUT2D eigenvalue weighted by molar-refractivity contribution is 5.52. The zero-order chi connectivity index (χ0) is 23.6. The summed E-state index contributed by atoms with van der Waals surface area (Å²) in [5.41, 5.74) is 17.6. The van der Waals surface area contributed by atoms with E-state index < -0.39 is 0 Å². The minimum absolute atomic E-state index is 0.174. The number of rotatable bonds is 6. The first-order valence-electron chi connectivity index (χ1n) is 11.0. The molecule has 33 heavy (non-hydrogen) atoms. The maximum Gasteiger partial charge on any atom is 0.127 e. The lowest BCUT2D eigenvalue weighted by Gasteiger charge is -2.26. The largest absolute Gasteiger partial charge is 0.457 e. The molecule has 0 spiro atoms. The maximum atomic E-state index is 6.00. The van der Waals surface area contributed by atoms with E-state index in [4.69, 9.17) is 20.9 Å². The van der Waals surface area contributed by atoms with Gasteiger partial charge in [0.05, 0.1) is 0 Å². The Bertz CT molecular complexity index is 1160. The van der Waals surface area contributed by atoms with Gasteiger partial charge in [0.25, 0.3) is 0 Å². The number of nitrogens with two attached hydrogens (primary N) is 2. The van der Waals surface area contributed by atoms with E-state index in [0.29, 0.717) is 0 Å². The third kappa shape index (κ3) is 4.96. The van der Waals surface area contributed by atoms with Gasteiger partial charge in [0, 0.05) is 16.8 Å². The van der Waals surface area contributed by atoms with Gasteiger partial charge in [-0.3, -0.25) is 0 Å². The van der Waals surface area contributed by atoms with Gasteiger partial charge in [-0.1, -0.05) is 38.1 Å². The van der Waals surface area contributed by atoms with Gasteiger partial charge in [0.15, 0.2) is 0 Å². The summed E-state index contributed by atoms with van der Waals surface area (Å²) in [5, 5.41) is 0. The minimum atomic E-state index is -0.174. The van der Waals surface area contributed by atoms with Gasteiger partial charge in [-0.15, -0.1) is 0 Å². The van der Waals surface area contributed by atoms with Crippen LogP contribution in [0.2, 0.25) is 0 Å². The van der Waals surface area contributed by atoms with Gasteiger partial charge in [-0.2, -0.15) is 0 Å². The normalized spacial score (nSPS) is 11.3. The summed E-state index contributed by atoms with van der Waals surface area (Å²) >= 11 is 0. The van der Waals surface area contributed by atoms with E-state index in [1.54, 1.807) is 0 Å². The first-order chi connectivity index (χ1) is 15.7. The van der Waals surface area contributed by atoms with Gasteiger partial charge in [0.2, 0.25) is 0 Å². The molecule has 0 aliphatic heterocycles. The highest BCUT2D eigenvalue weighted by Gasteiger charge is 2.23. The quantitative estimate of drug-likeness (QED) is 0.308. The van der Waals surface area contributed by atoms with Crippen molar-refractivity contribution in [2.45, 2.75) is 33.1 Å². The summed E-state index contributed by atoms with van der Waals surface area (Å²) < 4.78 is 12.0. The fourth-order valence-electron chi connectivity index (χ4n) is 3.74. The molecule has 0 unspecified atom stereocenters. The summed E-state index contributed by atoms with van der Waals surface area (Å²) in [5.74, 6) is 3.14. The van der Waals surface area contributed by atoms with E-state index in [0.717, 1.165) is 45.5 Å². The zero-order valence-corrected chi connectivity index (χ0v) is 19.6. The van der Waals surface area contributed by atoms with Gasteiger partial charge in [0.1, 0.15) is 23.0 Å². The number of aryl methyl sites for hydroxylation is 2. The summed E-state index contributed by atoms with van der Waals surface area (Å²) in [6.07, 6.45) is 0. The van der Waals surface area contributed by atoms with Crippen LogP contribution in [0.4, 0.5) is 11.4 Å². The Hall–Kier alpha value is -3.92. The highest BCUT2D eigenvalue weighted by Crippen LogP contribution is 2.35. The predicted molar refractivity (Wildman–Crippen MR) is 136 cm³/mol. The van der Waals surface area contributed by atoms with E-state index in [9.17, 15) is 0 Å². The van der Waals surface area contributed by atoms with Gasteiger partial charge >= 0.3 is 0 Å². The molecular formula is C29H30N2O2. The Morgan fingerprint density at radius 3 is 1.18 bits per heavy atom. The molecule has 0 saturated carbocycles. The Morgan fingerprint density at radius 1 is 0.515 bits per heavy atom. The number of benzene rings is 4. The van der Waals surface area contributed by atoms with E-state index >= 15 is 0 Å². The molecule has 0 aliphatic carbocycles. The number of ether oxygens (including phenoxy) is 2. The smallest absolute Gasteiger partial charge is 0.127 e. The molecule has 0 amide bonds. The summed E-state index contributed by atoms with van der Waals surface area (Å²) in [6, 6.07) is 27.9. The molecule has 4 aromatic carbocycles. The van der Waals surface area contributed by atoms with Crippen LogP contribution in [0.25, 0.3) is 0 Å². The van der Waals surface area contributed by atoms with Crippen molar-refractivity contribution in [1.29, 1.82) is 0 Å². The van der Waals surface area contributed by atoms with E-state index in [1.165, 1.54) is 11.1 Å². The standard InChI is InChI=1S/C29H30N2O2/c1-19-17-25(13-15-27(19)30)32-23-9-5-21(6-10-23)29(3,4)22-7-11-24(12-8-22)33-26-14-16-28(31)20(2)18-26/h5-18H,30-31H2,1-4H3. The van der Waals surface area contributed by atoms with Crippen LogP contribution >= 0.6 is 0 Å². The first kappa shape index (κ1) is 22.3. The van der Waals surface area contributed by atoms with Crippen LogP contribution in [0.1, 0.15) is 36.1 Å². The molecule has 0 bridgehead atoms. The van der Waals surface area contributed by atoms with Crippen molar-refractivity contribution in [2.75, 3.05) is 11.5 Å². The van der Waals surface area contributed by atoms with Crippen LogP contribution in [0.5, 0.6) is 23.0 Å². The molecule has 0 aliphatic rings. The van der Waals surface area contributed by atoms with Crippen molar-refractivity contribution < 1.29 is 9.47 Å². The zero-order valence-electron chi connectivity index (χ0n) is 19.6. The van der Waals surface area contributed by atoms with Crippen LogP contribution < -0.4 is 20.9 Å². The van der Waals surface area contributed by atoms with Crippen LogP contribution in [0.3, 0.4) is 0 Å². The van der Waals surface area contributed by atoms with Gasteiger partial charge in [-0.25, -0.2) is 0 Å². The highest BCUT2D eigenvalue weighted by atomic mass is 16.5. The van der Waals surface area contributed by atoms with Crippen LogP contribution in [-0.4, -0.2) is 0 Å². The Labute approximate surface area is 195 Å². The monoisotopic (exact) mass is 438 g/mol. The van der Waals surface area contributed by atoms with Crippen molar-refractivity contribution in [3.8, 4) is 23.0 Å². The summed E-state index contributed by atoms with van der Waals surface area (Å²) in [7, 11) is 0. The number of anilines is 2. The molecular weight excluding hydrogens is 408 g/mol. The van der Waals surface area contributed by atoms with E-state index in [-0.39, 0.29) is 5.41 Å². The van der Waals surface area contributed by atoms with Gasteiger partial charge in [-0.05, 0) is 96.8 Å². The Balaban J connectivity index is 1.47. The molecule has 0 saturated heterocycles. The van der Waals surface area contributed by atoms with Crippen molar-refractivity contribution in [1.82, 2.24) is 0 Å². The Kier molecular flexibility index (Phi) is 6.01. The fraction of sp³-hybridized carbons (Fsp3) is 0.172. The lowest BCUT2D eigenvalue weighted by molar-refractivity contribution is 0.481. The third-order valence-electron chi connectivity index (χ3n) is 6.11. The van der Waals surface area contributed by atoms with Crippen molar-refractivity contribution in [3.63, 3.8) is 0 Å². The topological polar surface area (TPSA) is 70.5 Å². The maximum absolute atomic E-state index is 6.00. The van der Waals surface area contributed by atoms with Gasteiger partial charge < -0.3 is 20.9 Å². The lowest BCUT2D eigenvalue weighted by atomic mass is 9.78. The van der Waals surface area contributed by atoms with Crippen LogP contribution in [-0.2, 0) is 5.41 Å². The van der Waals surface area contributed by atoms with Crippen molar-refractivity contribution in [3.05, 3.63) is 107 Å². The van der Waals surface area contributed by atoms with E-state index in [2.05, 4.69) is 38.1 Å². The molecule has 4 heteroatoms. The second-order valence-electron chi connectivity index (χ2n) is 8.91. The predicted octanol–water partition coefficient (Wildman–Crippen LogP) is 7.38. The molecule has 4 aromatic rings. The first-order valence-corrected chi connectivity index (χ1v) is 11.0. The van der Waals surface area contributed by atoms with Crippen molar-refractivity contribution in [2.24, 2.45) is 0 Å². The molecule has 0 fully saturated rings. The third-order valence-corrected chi connectivity index (χ3v) is 6.11. The van der Waals surface area contributed by atoms with E-state index in [1.807, 2.05) is 74.5 Å². The Morgan fingerprint density at radius 2 is 0.848 bits per heavy atom. The fourth-order valence-corrected chi connectivity index (χ4v) is 3.74. The molecule has 0 heterocycles. The minimum Gasteiger partial charge on any atom is -0.457 e. The average molecular weight is 439 g/mol. The SMILES string of the molecule is Cc1cc(Oc2ccc(C(C)(C)c3ccc(Oc4ccc(N)c(C)c4)cc3)cc2)ccc1N. The van der Waals surface area contributed by atoms with Crippen LogP contribution in [0, 0.1) is 13.8 Å². The molecule has 4 rings (SSSR count). The molecule has 4 N–H and O–H groups in total. The summed E-state index contributed by atoms with van der Waals surface area (Å²) in [6.45, 7) is 8.37. The lowest BCUT2D eigenvalue weighted by Crippen LogP contribution is -2.18. The van der Waals surface area contributed by atoms with Crippen LogP contribution in [0.15, 0.2) is 84.9 Å². The van der Waals surface area contributed by atoms with Crippen molar-refractivity contribution >= 4 is 11.4 Å². The number of nitrogen functional groups attached to an aromatic ring is 2. The molecule has 168 valence electrons. The molecule has 0 radical (unpaired) electrons. The molecule has 0 atom stereocenters. The second-order valence-corrected chi connectivity index (χ2v) is 8.91. The number of hydrogen-bond donors (Lipinski definition) is 2. The second kappa shape index (κ2) is 8.91. The number of hydrogen-bond acceptors (Lipinski definition) is 4. The molecule has 0 aromatic heterocycles. The molecule has 4 nitrogen and oxygen atoms in total.